The first-order chi connectivity index (χ1) is 11.9. The van der Waals surface area contributed by atoms with E-state index in [4.69, 9.17) is 0 Å². The fourth-order valence-corrected chi connectivity index (χ4v) is 3.22. The molecule has 2 heterocycles. The van der Waals surface area contributed by atoms with Crippen molar-refractivity contribution >= 4 is 0 Å². The van der Waals surface area contributed by atoms with Crippen LogP contribution in [0.15, 0.2) is 48.8 Å². The Kier molecular flexibility index (Phi) is 8.51. The lowest BCUT2D eigenvalue weighted by atomic mass is 10.1. The van der Waals surface area contributed by atoms with Gasteiger partial charge in [0.1, 0.15) is 0 Å². The lowest BCUT2D eigenvalue weighted by Gasteiger charge is -2.04. The van der Waals surface area contributed by atoms with E-state index in [1.54, 1.807) is 0 Å². The molecule has 0 radical (unpaired) electrons. The Hall–Kier alpha value is -1.70. The maximum Gasteiger partial charge on any atom is 0.449 e. The van der Waals surface area contributed by atoms with Gasteiger partial charge in [0.25, 0.3) is 0 Å². The first kappa shape index (κ1) is 18.6. The van der Waals surface area contributed by atoms with E-state index in [2.05, 4.69) is 71.8 Å². The van der Waals surface area contributed by atoms with Gasteiger partial charge in [0.15, 0.2) is 24.6 Å². The molecule has 0 saturated carbocycles. The summed E-state index contributed by atoms with van der Waals surface area (Å²) in [5.74, 6) is 1.29. The number of rotatable bonds is 11. The van der Waals surface area contributed by atoms with E-state index in [1.807, 2.05) is 0 Å². The molecule has 130 valence electrons. The van der Waals surface area contributed by atoms with E-state index >= 15 is 0 Å². The summed E-state index contributed by atoms with van der Waals surface area (Å²) in [6.07, 6.45) is 16.1. The first-order valence-corrected chi connectivity index (χ1v) is 9.85. The highest BCUT2D eigenvalue weighted by Crippen LogP contribution is 2.06. The quantitative estimate of drug-likeness (QED) is 0.407. The summed E-state index contributed by atoms with van der Waals surface area (Å²) in [4.78, 5) is 0. The minimum absolute atomic E-state index is 1.10. The van der Waals surface area contributed by atoms with Crippen molar-refractivity contribution in [3.63, 3.8) is 0 Å². The normalized spacial score (nSPS) is 10.9. The second-order valence-corrected chi connectivity index (χ2v) is 6.69. The van der Waals surface area contributed by atoms with Crippen molar-refractivity contribution in [1.29, 1.82) is 0 Å². The molecule has 0 unspecified atom stereocenters. The molecule has 0 bridgehead atoms. The van der Waals surface area contributed by atoms with Crippen LogP contribution >= 0.6 is 0 Å². The fourth-order valence-electron chi connectivity index (χ4n) is 3.22. The minimum atomic E-state index is 1.10. The standard InChI is InChI=1S/C22H34N2/c1-3-5-7-9-15-21-16-10-14-20-24(21)22-17-11-13-19-23(22)18-12-8-6-4-2/h10-11,13-14,16-17,19-20H,3-9,12,15,18H2,1-2H3/q+2. The van der Waals surface area contributed by atoms with Gasteiger partial charge in [0, 0.05) is 31.0 Å². The zero-order valence-electron chi connectivity index (χ0n) is 15.6. The van der Waals surface area contributed by atoms with E-state index in [-0.39, 0.29) is 0 Å². The van der Waals surface area contributed by atoms with Crippen molar-refractivity contribution in [3.8, 4) is 5.82 Å². The van der Waals surface area contributed by atoms with Crippen molar-refractivity contribution in [1.82, 2.24) is 0 Å². The van der Waals surface area contributed by atoms with Gasteiger partial charge in [-0.2, -0.15) is 0 Å². The van der Waals surface area contributed by atoms with E-state index in [0.29, 0.717) is 0 Å². The van der Waals surface area contributed by atoms with Crippen LogP contribution in [0.25, 0.3) is 5.82 Å². The van der Waals surface area contributed by atoms with Crippen molar-refractivity contribution in [2.24, 2.45) is 0 Å². The van der Waals surface area contributed by atoms with Gasteiger partial charge in [-0.25, -0.2) is 0 Å². The summed E-state index contributed by atoms with van der Waals surface area (Å²) in [5.41, 5.74) is 1.42. The molecule has 24 heavy (non-hydrogen) atoms. The zero-order valence-corrected chi connectivity index (χ0v) is 15.6. The Bertz CT molecular complexity index is 539. The van der Waals surface area contributed by atoms with Gasteiger partial charge < -0.3 is 0 Å². The van der Waals surface area contributed by atoms with Crippen LogP contribution in [-0.4, -0.2) is 0 Å². The second-order valence-electron chi connectivity index (χ2n) is 6.69. The van der Waals surface area contributed by atoms with Crippen molar-refractivity contribution < 1.29 is 9.13 Å². The average molecular weight is 327 g/mol. The van der Waals surface area contributed by atoms with Gasteiger partial charge in [-0.05, 0) is 18.9 Å². The molecule has 2 heteroatoms. The summed E-state index contributed by atoms with van der Waals surface area (Å²) < 4.78 is 4.79. The lowest BCUT2D eigenvalue weighted by molar-refractivity contribution is -0.795. The summed E-state index contributed by atoms with van der Waals surface area (Å²) in [6, 6.07) is 13.1. The van der Waals surface area contributed by atoms with Crippen LogP contribution in [0.4, 0.5) is 0 Å². The van der Waals surface area contributed by atoms with Crippen molar-refractivity contribution in [3.05, 3.63) is 54.5 Å². The van der Waals surface area contributed by atoms with E-state index in [0.717, 1.165) is 13.0 Å². The average Bonchev–Trinajstić information content (AvgIpc) is 2.63. The highest BCUT2D eigenvalue weighted by atomic mass is 15.1. The first-order valence-electron chi connectivity index (χ1n) is 9.85. The molecule has 0 fully saturated rings. The largest absolute Gasteiger partial charge is 0.449 e. The number of unbranched alkanes of at least 4 members (excludes halogenated alkanes) is 6. The Morgan fingerprint density at radius 2 is 1.42 bits per heavy atom. The summed E-state index contributed by atoms with van der Waals surface area (Å²) in [6.45, 7) is 5.65. The molecule has 0 atom stereocenters. The molecule has 0 aliphatic carbocycles. The molecule has 0 aliphatic heterocycles. The Balaban J connectivity index is 2.12. The number of pyridine rings is 2. The van der Waals surface area contributed by atoms with Gasteiger partial charge in [0.05, 0.1) is 6.07 Å². The number of aromatic nitrogens is 2. The highest BCUT2D eigenvalue weighted by molar-refractivity contribution is 5.07. The fraction of sp³-hybridized carbons (Fsp3) is 0.545. The van der Waals surface area contributed by atoms with Crippen LogP contribution < -0.4 is 9.13 Å². The van der Waals surface area contributed by atoms with Gasteiger partial charge in [0.2, 0.25) is 0 Å². The molecular formula is C22H34N2+2. The molecule has 0 N–H and O–H groups in total. The van der Waals surface area contributed by atoms with Gasteiger partial charge in [-0.3, -0.25) is 0 Å². The Morgan fingerprint density at radius 3 is 2.21 bits per heavy atom. The molecule has 2 rings (SSSR count). The van der Waals surface area contributed by atoms with Crippen LogP contribution in [-0.2, 0) is 13.0 Å². The molecule has 2 aromatic heterocycles. The molecule has 0 aliphatic rings. The molecule has 0 spiro atoms. The predicted octanol–water partition coefficient (Wildman–Crippen LogP) is 4.95. The Morgan fingerprint density at radius 1 is 0.708 bits per heavy atom. The molecule has 0 saturated heterocycles. The van der Waals surface area contributed by atoms with Crippen LogP contribution in [0, 0.1) is 0 Å². The zero-order chi connectivity index (χ0) is 17.0. The number of hydrogen-bond acceptors (Lipinski definition) is 0. The predicted molar refractivity (Wildman–Crippen MR) is 100 cm³/mol. The van der Waals surface area contributed by atoms with Crippen molar-refractivity contribution in [2.45, 2.75) is 78.2 Å². The number of nitrogens with zero attached hydrogens (tertiary/aromatic N) is 2. The monoisotopic (exact) mass is 326 g/mol. The third kappa shape index (κ3) is 5.74. The molecular weight excluding hydrogens is 292 g/mol. The van der Waals surface area contributed by atoms with Crippen LogP contribution in [0.1, 0.15) is 70.9 Å². The van der Waals surface area contributed by atoms with E-state index in [1.165, 1.54) is 62.9 Å². The number of hydrogen-bond donors (Lipinski definition) is 0. The topological polar surface area (TPSA) is 7.76 Å². The van der Waals surface area contributed by atoms with Crippen molar-refractivity contribution in [2.75, 3.05) is 0 Å². The summed E-state index contributed by atoms with van der Waals surface area (Å²) >= 11 is 0. The third-order valence-electron chi connectivity index (χ3n) is 4.65. The molecule has 2 nitrogen and oxygen atoms in total. The molecule has 0 aromatic carbocycles. The second kappa shape index (κ2) is 11.0. The maximum absolute atomic E-state index is 2.41. The van der Waals surface area contributed by atoms with Crippen LogP contribution in [0.5, 0.6) is 0 Å². The van der Waals surface area contributed by atoms with Gasteiger partial charge in [-0.15, -0.1) is 9.13 Å². The highest BCUT2D eigenvalue weighted by Gasteiger charge is 2.22. The smallest absolute Gasteiger partial charge is 0.143 e. The third-order valence-corrected chi connectivity index (χ3v) is 4.65. The van der Waals surface area contributed by atoms with E-state index < -0.39 is 0 Å². The summed E-state index contributed by atoms with van der Waals surface area (Å²) in [7, 11) is 0. The van der Waals surface area contributed by atoms with E-state index in [9.17, 15) is 0 Å². The van der Waals surface area contributed by atoms with Crippen LogP contribution in [0.3, 0.4) is 0 Å². The summed E-state index contributed by atoms with van der Waals surface area (Å²) in [5, 5.41) is 0. The van der Waals surface area contributed by atoms with Gasteiger partial charge in [-0.1, -0.05) is 52.0 Å². The molecule has 0 amide bonds. The maximum atomic E-state index is 2.41. The van der Waals surface area contributed by atoms with Crippen LogP contribution in [0.2, 0.25) is 0 Å². The lowest BCUT2D eigenvalue weighted by Crippen LogP contribution is -2.50. The number of aryl methyl sites for hydroxylation is 2. The molecule has 2 aromatic rings. The minimum Gasteiger partial charge on any atom is -0.143 e. The Labute approximate surface area is 148 Å². The SMILES string of the molecule is CCCCCCc1cccc[n+]1-c1cccc[n+]1CCCCCC. The van der Waals surface area contributed by atoms with Gasteiger partial charge >= 0.3 is 5.82 Å².